The first-order valence-electron chi connectivity index (χ1n) is 10.4. The van der Waals surface area contributed by atoms with Gasteiger partial charge >= 0.3 is 6.18 Å². The number of ether oxygens (including phenoxy) is 1. The van der Waals surface area contributed by atoms with Crippen LogP contribution in [0.1, 0.15) is 17.5 Å². The molecule has 1 heterocycles. The Morgan fingerprint density at radius 2 is 1.73 bits per heavy atom. The molecule has 0 bridgehead atoms. The van der Waals surface area contributed by atoms with Crippen LogP contribution < -0.4 is 10.1 Å². The maximum Gasteiger partial charge on any atom is 0.416 e. The lowest BCUT2D eigenvalue weighted by Gasteiger charge is -2.34. The van der Waals surface area contributed by atoms with Gasteiger partial charge in [0.2, 0.25) is 5.91 Å². The number of anilines is 1. The van der Waals surface area contributed by atoms with Crippen LogP contribution in [0, 0.1) is 10.1 Å². The van der Waals surface area contributed by atoms with Gasteiger partial charge in [-0.1, -0.05) is 12.1 Å². The minimum Gasteiger partial charge on any atom is -0.494 e. The number of nitro benzene ring substituents is 1. The third-order valence-corrected chi connectivity index (χ3v) is 5.48. The second-order valence-electron chi connectivity index (χ2n) is 7.75. The highest BCUT2D eigenvalue weighted by Gasteiger charge is 2.30. The molecule has 1 amide bonds. The predicted octanol–water partition coefficient (Wildman–Crippen LogP) is 3.77. The lowest BCUT2D eigenvalue weighted by molar-refractivity contribution is -0.384. The number of hydrogen-bond acceptors (Lipinski definition) is 6. The highest BCUT2D eigenvalue weighted by atomic mass is 19.4. The molecule has 1 fully saturated rings. The summed E-state index contributed by atoms with van der Waals surface area (Å²) in [6.07, 6.45) is -4.08. The monoisotopic (exact) mass is 466 g/mol. The molecular weight excluding hydrogens is 441 g/mol. The molecule has 0 spiro atoms. The summed E-state index contributed by atoms with van der Waals surface area (Å²) >= 11 is 0. The van der Waals surface area contributed by atoms with Crippen LogP contribution in [-0.4, -0.2) is 60.5 Å². The van der Waals surface area contributed by atoms with E-state index < -0.39 is 16.7 Å². The van der Waals surface area contributed by atoms with Gasteiger partial charge in [-0.05, 0) is 23.8 Å². The molecular formula is C22H25F3N4O4. The molecule has 1 N–H and O–H groups in total. The first kappa shape index (κ1) is 24.5. The van der Waals surface area contributed by atoms with Crippen LogP contribution in [0.15, 0.2) is 42.5 Å². The third kappa shape index (κ3) is 6.90. The van der Waals surface area contributed by atoms with Gasteiger partial charge in [0.1, 0.15) is 5.75 Å². The summed E-state index contributed by atoms with van der Waals surface area (Å²) < 4.78 is 43.2. The van der Waals surface area contributed by atoms with Gasteiger partial charge in [-0.15, -0.1) is 0 Å². The van der Waals surface area contributed by atoms with Gasteiger partial charge in [-0.3, -0.25) is 19.8 Å². The van der Waals surface area contributed by atoms with Crippen LogP contribution >= 0.6 is 0 Å². The maximum absolute atomic E-state index is 12.7. The second-order valence-corrected chi connectivity index (χ2v) is 7.75. The molecule has 2 aromatic rings. The fourth-order valence-corrected chi connectivity index (χ4v) is 3.60. The number of hydrogen-bond donors (Lipinski definition) is 1. The lowest BCUT2D eigenvalue weighted by Crippen LogP contribution is -2.46. The largest absolute Gasteiger partial charge is 0.494 e. The van der Waals surface area contributed by atoms with Crippen LogP contribution in [0.2, 0.25) is 0 Å². The Morgan fingerprint density at radius 1 is 1.09 bits per heavy atom. The van der Waals surface area contributed by atoms with E-state index in [1.165, 1.54) is 37.4 Å². The molecule has 178 valence electrons. The number of halogens is 3. The van der Waals surface area contributed by atoms with Crippen molar-refractivity contribution in [2.24, 2.45) is 0 Å². The van der Waals surface area contributed by atoms with Crippen molar-refractivity contribution in [1.29, 1.82) is 0 Å². The molecule has 3 rings (SSSR count). The van der Waals surface area contributed by atoms with E-state index in [-0.39, 0.29) is 23.8 Å². The first-order chi connectivity index (χ1) is 15.7. The van der Waals surface area contributed by atoms with E-state index in [2.05, 4.69) is 15.1 Å². The Labute approximate surface area is 189 Å². The van der Waals surface area contributed by atoms with Crippen molar-refractivity contribution in [1.82, 2.24) is 9.80 Å². The van der Waals surface area contributed by atoms with E-state index in [4.69, 9.17) is 4.74 Å². The molecule has 11 heteroatoms. The molecule has 0 saturated carbocycles. The van der Waals surface area contributed by atoms with Crippen molar-refractivity contribution in [3.8, 4) is 5.75 Å². The summed E-state index contributed by atoms with van der Waals surface area (Å²) in [7, 11) is 1.37. The van der Waals surface area contributed by atoms with E-state index in [9.17, 15) is 28.1 Å². The number of nitrogens with zero attached hydrogens (tertiary/aromatic N) is 3. The molecule has 8 nitrogen and oxygen atoms in total. The van der Waals surface area contributed by atoms with Crippen molar-refractivity contribution >= 4 is 17.3 Å². The lowest BCUT2D eigenvalue weighted by atomic mass is 10.1. The van der Waals surface area contributed by atoms with Crippen molar-refractivity contribution in [3.05, 3.63) is 63.7 Å². The molecule has 1 aliphatic heterocycles. The zero-order valence-electron chi connectivity index (χ0n) is 18.1. The molecule has 0 aliphatic carbocycles. The Balaban J connectivity index is 1.42. The number of amides is 1. The van der Waals surface area contributed by atoms with Crippen molar-refractivity contribution in [2.45, 2.75) is 19.1 Å². The molecule has 2 aromatic carbocycles. The Morgan fingerprint density at radius 3 is 2.30 bits per heavy atom. The number of carbonyl (C=O) groups excluding carboxylic acids is 1. The number of non-ortho nitro benzene ring substituents is 1. The van der Waals surface area contributed by atoms with Gasteiger partial charge < -0.3 is 15.0 Å². The highest BCUT2D eigenvalue weighted by molar-refractivity contribution is 5.92. The van der Waals surface area contributed by atoms with Crippen LogP contribution in [-0.2, 0) is 17.5 Å². The summed E-state index contributed by atoms with van der Waals surface area (Å²) in [6.45, 7) is 4.11. The molecule has 33 heavy (non-hydrogen) atoms. The number of alkyl halides is 3. The summed E-state index contributed by atoms with van der Waals surface area (Å²) in [5.41, 5.74) is 0.419. The molecule has 0 radical (unpaired) electrons. The molecule has 0 aromatic heterocycles. The zero-order valence-corrected chi connectivity index (χ0v) is 18.1. The van der Waals surface area contributed by atoms with Gasteiger partial charge in [-0.2, -0.15) is 13.2 Å². The van der Waals surface area contributed by atoms with Gasteiger partial charge in [0.05, 0.1) is 29.4 Å². The Kier molecular flexibility index (Phi) is 7.88. The molecule has 0 atom stereocenters. The van der Waals surface area contributed by atoms with Crippen LogP contribution in [0.5, 0.6) is 5.75 Å². The quantitative estimate of drug-likeness (QED) is 0.471. The molecule has 0 unspecified atom stereocenters. The number of piperazine rings is 1. The fraction of sp³-hybridized carbons (Fsp3) is 0.409. The Hall–Kier alpha value is -3.18. The number of carbonyl (C=O) groups is 1. The van der Waals surface area contributed by atoms with Crippen LogP contribution in [0.3, 0.4) is 0 Å². The maximum atomic E-state index is 12.7. The SMILES string of the molecule is COc1cc([N+](=O)[O-])ccc1NC(=O)CCN1CCN(Cc2ccc(C(F)(F)F)cc2)CC1. The van der Waals surface area contributed by atoms with Crippen LogP contribution in [0.4, 0.5) is 24.5 Å². The third-order valence-electron chi connectivity index (χ3n) is 5.48. The number of nitro groups is 1. The highest BCUT2D eigenvalue weighted by Crippen LogP contribution is 2.30. The summed E-state index contributed by atoms with van der Waals surface area (Å²) in [6, 6.07) is 9.21. The van der Waals surface area contributed by atoms with E-state index in [0.717, 1.165) is 43.9 Å². The standard InChI is InChI=1S/C22H25F3N4O4/c1-33-20-14-18(29(31)32)6-7-19(20)26-21(30)8-9-27-10-12-28(13-11-27)15-16-2-4-17(5-3-16)22(23,24)25/h2-7,14H,8-13,15H2,1H3,(H,26,30). The van der Waals surface area contributed by atoms with E-state index in [0.29, 0.717) is 18.8 Å². The minimum atomic E-state index is -4.33. The number of rotatable bonds is 8. The summed E-state index contributed by atoms with van der Waals surface area (Å²) in [4.78, 5) is 27.0. The molecule has 1 saturated heterocycles. The fourth-order valence-electron chi connectivity index (χ4n) is 3.60. The van der Waals surface area contributed by atoms with E-state index >= 15 is 0 Å². The topological polar surface area (TPSA) is 87.9 Å². The first-order valence-corrected chi connectivity index (χ1v) is 10.4. The van der Waals surface area contributed by atoms with Gasteiger partial charge in [-0.25, -0.2) is 0 Å². The van der Waals surface area contributed by atoms with Gasteiger partial charge in [0, 0.05) is 51.8 Å². The summed E-state index contributed by atoms with van der Waals surface area (Å²) in [5.74, 6) is -0.0104. The number of nitrogens with one attached hydrogen (secondary N) is 1. The average Bonchev–Trinajstić information content (AvgIpc) is 2.78. The van der Waals surface area contributed by atoms with Crippen molar-refractivity contribution in [2.75, 3.05) is 45.2 Å². The predicted molar refractivity (Wildman–Crippen MR) is 116 cm³/mol. The number of benzene rings is 2. The second kappa shape index (κ2) is 10.6. The van der Waals surface area contributed by atoms with E-state index in [1.54, 1.807) is 0 Å². The van der Waals surface area contributed by atoms with Crippen LogP contribution in [0.25, 0.3) is 0 Å². The zero-order chi connectivity index (χ0) is 24.0. The number of methoxy groups -OCH3 is 1. The normalized spacial score (nSPS) is 15.3. The Bertz CT molecular complexity index is 975. The van der Waals surface area contributed by atoms with Crippen molar-refractivity contribution in [3.63, 3.8) is 0 Å². The van der Waals surface area contributed by atoms with E-state index in [1.807, 2.05) is 0 Å². The average molecular weight is 466 g/mol. The summed E-state index contributed by atoms with van der Waals surface area (Å²) in [5, 5.41) is 13.6. The molecule has 1 aliphatic rings. The van der Waals surface area contributed by atoms with Crippen molar-refractivity contribution < 1.29 is 27.6 Å². The van der Waals surface area contributed by atoms with Gasteiger partial charge in [0.15, 0.2) is 0 Å². The minimum absolute atomic E-state index is 0.126. The van der Waals surface area contributed by atoms with Gasteiger partial charge in [0.25, 0.3) is 5.69 Å². The smallest absolute Gasteiger partial charge is 0.416 e.